The fraction of sp³-hybridized carbons (Fsp3) is 0.893. The molecule has 0 aliphatic heterocycles. The zero-order valence-electron chi connectivity index (χ0n) is 23.7. The van der Waals surface area contributed by atoms with Gasteiger partial charge in [-0.15, -0.1) is 0 Å². The third-order valence-corrected chi connectivity index (χ3v) is 7.35. The summed E-state index contributed by atoms with van der Waals surface area (Å²) in [6.45, 7) is 4.04. The Labute approximate surface area is 226 Å². The molecule has 0 aromatic carbocycles. The molecule has 0 rings (SSSR count). The lowest BCUT2D eigenvalue weighted by molar-refractivity contribution is -0.123. The quantitative estimate of drug-likeness (QED) is 0.0520. The van der Waals surface area contributed by atoms with E-state index >= 15 is 0 Å². The smallest absolute Gasteiger partial charge is 0.387 e. The molecule has 0 aliphatic rings. The van der Waals surface area contributed by atoms with Crippen molar-refractivity contribution in [1.82, 2.24) is 5.32 Å². The van der Waals surface area contributed by atoms with Gasteiger partial charge in [0.2, 0.25) is 5.91 Å². The van der Waals surface area contributed by atoms with Crippen LogP contribution in [0.3, 0.4) is 0 Å². The predicted molar refractivity (Wildman–Crippen MR) is 152 cm³/mol. The highest BCUT2D eigenvalue weighted by molar-refractivity contribution is 7.47. The number of phosphoric ester groups is 1. The van der Waals surface area contributed by atoms with Gasteiger partial charge in [-0.05, 0) is 19.3 Å². The van der Waals surface area contributed by atoms with Gasteiger partial charge in [0.25, 0.3) is 0 Å². The lowest BCUT2D eigenvalue weighted by Crippen LogP contribution is -2.45. The third kappa shape index (κ3) is 24.0. The summed E-state index contributed by atoms with van der Waals surface area (Å²) in [5.41, 5.74) is 5.31. The number of unbranched alkanes of at least 4 members (excludes halogenated alkanes) is 15. The van der Waals surface area contributed by atoms with E-state index in [1.807, 2.05) is 6.08 Å². The van der Waals surface area contributed by atoms with Crippen LogP contribution in [0.25, 0.3) is 0 Å². The molecule has 0 radical (unpaired) electrons. The van der Waals surface area contributed by atoms with Crippen molar-refractivity contribution in [3.63, 3.8) is 0 Å². The molecule has 220 valence electrons. The van der Waals surface area contributed by atoms with Crippen molar-refractivity contribution >= 4 is 13.7 Å². The molecule has 0 bridgehead atoms. The number of rotatable bonds is 27. The minimum absolute atomic E-state index is 0.0801. The van der Waals surface area contributed by atoms with Crippen molar-refractivity contribution < 1.29 is 28.4 Å². The number of phosphoric acid groups is 1. The van der Waals surface area contributed by atoms with Gasteiger partial charge in [0.15, 0.2) is 0 Å². The summed E-state index contributed by atoms with van der Waals surface area (Å²) in [7, 11) is -4.31. The molecule has 3 atom stereocenters. The Morgan fingerprint density at radius 3 is 1.92 bits per heavy atom. The summed E-state index contributed by atoms with van der Waals surface area (Å²) in [4.78, 5) is 22.3. The number of hydrogen-bond acceptors (Lipinski definition) is 6. The first-order chi connectivity index (χ1) is 17.9. The van der Waals surface area contributed by atoms with Crippen LogP contribution in [-0.2, 0) is 18.4 Å². The molecule has 1 amide bonds. The standard InChI is InChI=1S/C28H57N2O6P/c1-3-5-7-9-11-13-14-16-18-20-22-28(32)30-26(25-36-37(33,34)35-24-23-29)27(31)21-19-17-15-12-10-8-6-4-2/h19,21,26-27,31H,3-18,20,22-25,29H2,1-2H3,(H,30,32)(H,33,34)/b21-19+. The topological polar surface area (TPSA) is 131 Å². The van der Waals surface area contributed by atoms with E-state index in [9.17, 15) is 19.4 Å². The van der Waals surface area contributed by atoms with Crippen molar-refractivity contribution in [3.05, 3.63) is 12.2 Å². The highest BCUT2D eigenvalue weighted by atomic mass is 31.2. The monoisotopic (exact) mass is 548 g/mol. The summed E-state index contributed by atoms with van der Waals surface area (Å²) in [5.74, 6) is -0.202. The maximum atomic E-state index is 12.5. The van der Waals surface area contributed by atoms with Gasteiger partial charge in [-0.3, -0.25) is 13.8 Å². The van der Waals surface area contributed by atoms with E-state index in [0.717, 1.165) is 38.5 Å². The molecule has 3 unspecified atom stereocenters. The Morgan fingerprint density at radius 1 is 0.865 bits per heavy atom. The highest BCUT2D eigenvalue weighted by Crippen LogP contribution is 2.43. The van der Waals surface area contributed by atoms with Crippen LogP contribution in [0.1, 0.15) is 129 Å². The fourth-order valence-electron chi connectivity index (χ4n) is 4.07. The van der Waals surface area contributed by atoms with Gasteiger partial charge in [0.1, 0.15) is 0 Å². The molecule has 0 saturated heterocycles. The molecule has 0 aromatic heterocycles. The van der Waals surface area contributed by atoms with Gasteiger partial charge in [0, 0.05) is 13.0 Å². The van der Waals surface area contributed by atoms with Crippen molar-refractivity contribution in [3.8, 4) is 0 Å². The van der Waals surface area contributed by atoms with E-state index in [2.05, 4.69) is 19.2 Å². The van der Waals surface area contributed by atoms with E-state index in [1.165, 1.54) is 70.6 Å². The van der Waals surface area contributed by atoms with Crippen molar-refractivity contribution in [2.75, 3.05) is 19.8 Å². The number of carbonyl (C=O) groups excluding carboxylic acids is 1. The van der Waals surface area contributed by atoms with Crippen LogP contribution in [0.2, 0.25) is 0 Å². The first-order valence-corrected chi connectivity index (χ1v) is 16.3. The second-order valence-electron chi connectivity index (χ2n) is 9.97. The first kappa shape index (κ1) is 36.2. The maximum absolute atomic E-state index is 12.5. The summed E-state index contributed by atoms with van der Waals surface area (Å²) in [5, 5.41) is 13.4. The van der Waals surface area contributed by atoms with E-state index in [-0.39, 0.29) is 25.7 Å². The molecule has 9 heteroatoms. The number of amides is 1. The van der Waals surface area contributed by atoms with Crippen molar-refractivity contribution in [2.45, 2.75) is 142 Å². The summed E-state index contributed by atoms with van der Waals surface area (Å²) in [6.07, 6.45) is 22.6. The van der Waals surface area contributed by atoms with Crippen LogP contribution in [0.4, 0.5) is 0 Å². The molecule has 0 spiro atoms. The van der Waals surface area contributed by atoms with Crippen LogP contribution < -0.4 is 11.1 Å². The molecular weight excluding hydrogens is 491 g/mol. The molecule has 5 N–H and O–H groups in total. The molecule has 0 saturated carbocycles. The number of nitrogens with two attached hydrogens (primary N) is 1. The number of nitrogens with one attached hydrogen (secondary N) is 1. The minimum Gasteiger partial charge on any atom is -0.387 e. The average Bonchev–Trinajstić information content (AvgIpc) is 2.87. The maximum Gasteiger partial charge on any atom is 0.472 e. The van der Waals surface area contributed by atoms with E-state index in [0.29, 0.717) is 6.42 Å². The Hall–Kier alpha value is -0.760. The Balaban J connectivity index is 4.47. The van der Waals surface area contributed by atoms with Crippen LogP contribution in [0.5, 0.6) is 0 Å². The van der Waals surface area contributed by atoms with Crippen molar-refractivity contribution in [2.24, 2.45) is 5.73 Å². The lowest BCUT2D eigenvalue weighted by Gasteiger charge is -2.23. The lowest BCUT2D eigenvalue weighted by atomic mass is 10.1. The number of aliphatic hydroxyl groups is 1. The number of aliphatic hydroxyl groups excluding tert-OH is 1. The number of carbonyl (C=O) groups is 1. The molecule has 37 heavy (non-hydrogen) atoms. The average molecular weight is 549 g/mol. The SMILES string of the molecule is CCCCCCCC/C=C/C(O)C(COP(=O)(O)OCCN)NC(=O)CCCCCCCCCCCC. The first-order valence-electron chi connectivity index (χ1n) is 14.8. The fourth-order valence-corrected chi connectivity index (χ4v) is 4.83. The van der Waals surface area contributed by atoms with Gasteiger partial charge in [-0.25, -0.2) is 4.57 Å². The molecule has 0 fully saturated rings. The Kier molecular flexibility index (Phi) is 25.0. The van der Waals surface area contributed by atoms with Gasteiger partial charge in [-0.2, -0.15) is 0 Å². The zero-order valence-corrected chi connectivity index (χ0v) is 24.6. The largest absolute Gasteiger partial charge is 0.472 e. The van der Waals surface area contributed by atoms with Gasteiger partial charge in [0.05, 0.1) is 25.4 Å². The minimum atomic E-state index is -4.31. The summed E-state index contributed by atoms with van der Waals surface area (Å²) in [6, 6.07) is -0.849. The van der Waals surface area contributed by atoms with Gasteiger partial charge < -0.3 is 21.1 Å². The molecule has 0 aromatic rings. The summed E-state index contributed by atoms with van der Waals surface area (Å²) < 4.78 is 21.8. The Morgan fingerprint density at radius 2 is 1.38 bits per heavy atom. The van der Waals surface area contributed by atoms with E-state index in [4.69, 9.17) is 14.8 Å². The highest BCUT2D eigenvalue weighted by Gasteiger charge is 2.26. The third-order valence-electron chi connectivity index (χ3n) is 6.36. The second kappa shape index (κ2) is 25.5. The van der Waals surface area contributed by atoms with Gasteiger partial charge >= 0.3 is 7.82 Å². The molecular formula is C28H57N2O6P. The van der Waals surface area contributed by atoms with Crippen LogP contribution in [-0.4, -0.2) is 47.8 Å². The molecule has 0 heterocycles. The second-order valence-corrected chi connectivity index (χ2v) is 11.4. The number of hydrogen-bond donors (Lipinski definition) is 4. The molecule has 8 nitrogen and oxygen atoms in total. The number of allylic oxidation sites excluding steroid dienone is 1. The van der Waals surface area contributed by atoms with E-state index in [1.54, 1.807) is 6.08 Å². The zero-order chi connectivity index (χ0) is 27.6. The van der Waals surface area contributed by atoms with Crippen molar-refractivity contribution in [1.29, 1.82) is 0 Å². The van der Waals surface area contributed by atoms with Crippen LogP contribution in [0.15, 0.2) is 12.2 Å². The van der Waals surface area contributed by atoms with Crippen LogP contribution in [0, 0.1) is 0 Å². The summed E-state index contributed by atoms with van der Waals surface area (Å²) >= 11 is 0. The van der Waals surface area contributed by atoms with Gasteiger partial charge in [-0.1, -0.05) is 116 Å². The Bertz CT molecular complexity index is 605. The van der Waals surface area contributed by atoms with Crippen LogP contribution >= 0.6 is 7.82 Å². The molecule has 0 aliphatic carbocycles. The predicted octanol–water partition coefficient (Wildman–Crippen LogP) is 6.54. The van der Waals surface area contributed by atoms with E-state index < -0.39 is 20.0 Å². The normalized spacial score (nSPS) is 15.1.